The summed E-state index contributed by atoms with van der Waals surface area (Å²) in [6.07, 6.45) is 1.58. The lowest BCUT2D eigenvalue weighted by Gasteiger charge is -2.19. The number of carbonyl (C=O) groups excluding carboxylic acids is 1. The first-order valence-corrected chi connectivity index (χ1v) is 12.1. The van der Waals surface area contributed by atoms with Gasteiger partial charge in [0.05, 0.1) is 38.6 Å². The van der Waals surface area contributed by atoms with Crippen molar-refractivity contribution in [1.82, 2.24) is 0 Å². The largest absolute Gasteiger partial charge is 0.326 e. The number of amides is 1. The molecule has 1 aliphatic heterocycles. The van der Waals surface area contributed by atoms with E-state index in [0.717, 1.165) is 22.0 Å². The van der Waals surface area contributed by atoms with Gasteiger partial charge in [-0.15, -0.1) is 0 Å². The highest BCUT2D eigenvalue weighted by molar-refractivity contribution is 7.92. The van der Waals surface area contributed by atoms with Crippen molar-refractivity contribution in [3.8, 4) is 0 Å². The zero-order chi connectivity index (χ0) is 26.2. The van der Waals surface area contributed by atoms with Crippen molar-refractivity contribution < 1.29 is 23.1 Å². The van der Waals surface area contributed by atoms with Crippen molar-refractivity contribution in [3.05, 3.63) is 97.6 Å². The van der Waals surface area contributed by atoms with Gasteiger partial charge in [-0.2, -0.15) is 0 Å². The molecule has 1 heterocycles. The maximum Gasteiger partial charge on any atom is 0.285 e. The molecular formula is C24H20N4O7S. The third kappa shape index (κ3) is 4.66. The fourth-order valence-corrected chi connectivity index (χ4v) is 5.37. The smallest absolute Gasteiger partial charge is 0.285 e. The minimum atomic E-state index is -4.20. The van der Waals surface area contributed by atoms with Crippen LogP contribution in [0.25, 0.3) is 11.6 Å². The molecule has 12 heteroatoms. The zero-order valence-electron chi connectivity index (χ0n) is 19.2. The van der Waals surface area contributed by atoms with E-state index in [-0.39, 0.29) is 28.6 Å². The van der Waals surface area contributed by atoms with Crippen LogP contribution in [0, 0.1) is 27.2 Å². The monoisotopic (exact) mass is 508 g/mol. The molecule has 0 aromatic heterocycles. The molecule has 0 spiro atoms. The Kier molecular flexibility index (Phi) is 6.29. The maximum atomic E-state index is 13.5. The number of hydrogen-bond donors (Lipinski definition) is 1. The van der Waals surface area contributed by atoms with Gasteiger partial charge >= 0.3 is 0 Å². The van der Waals surface area contributed by atoms with Crippen LogP contribution in [-0.4, -0.2) is 30.7 Å². The van der Waals surface area contributed by atoms with Crippen LogP contribution in [-0.2, 0) is 14.8 Å². The Balaban J connectivity index is 1.90. The fourth-order valence-electron chi connectivity index (χ4n) is 3.93. The summed E-state index contributed by atoms with van der Waals surface area (Å²) in [6.45, 7) is 2.90. The second-order valence-electron chi connectivity index (χ2n) is 8.17. The highest BCUT2D eigenvalue weighted by Crippen LogP contribution is 2.47. The number of non-ortho nitro benzene ring substituents is 1. The number of nitrogens with one attached hydrogen (secondary N) is 1. The fraction of sp³-hybridized carbons (Fsp3) is 0.125. The van der Waals surface area contributed by atoms with Gasteiger partial charge in [-0.3, -0.25) is 29.3 Å². The van der Waals surface area contributed by atoms with Gasteiger partial charge in [-0.05, 0) is 48.4 Å². The van der Waals surface area contributed by atoms with Gasteiger partial charge in [0.15, 0.2) is 0 Å². The molecule has 4 rings (SSSR count). The molecule has 184 valence electrons. The Bertz CT molecular complexity index is 1530. The molecule has 3 aromatic rings. The number of benzene rings is 3. The minimum Gasteiger partial charge on any atom is -0.326 e. The molecule has 1 aliphatic rings. The van der Waals surface area contributed by atoms with Crippen molar-refractivity contribution in [3.63, 3.8) is 0 Å². The molecule has 36 heavy (non-hydrogen) atoms. The predicted molar refractivity (Wildman–Crippen MR) is 134 cm³/mol. The molecule has 0 saturated carbocycles. The van der Waals surface area contributed by atoms with E-state index in [9.17, 15) is 33.4 Å². The summed E-state index contributed by atoms with van der Waals surface area (Å²) in [5.74, 6) is -0.250. The first-order valence-electron chi connectivity index (χ1n) is 10.6. The van der Waals surface area contributed by atoms with E-state index in [0.29, 0.717) is 16.8 Å². The first-order chi connectivity index (χ1) is 17.0. The van der Waals surface area contributed by atoms with E-state index in [2.05, 4.69) is 5.32 Å². The molecule has 0 aliphatic carbocycles. The summed E-state index contributed by atoms with van der Waals surface area (Å²) in [5.41, 5.74) is 0.964. The van der Waals surface area contributed by atoms with Crippen LogP contribution in [0.15, 0.2) is 65.6 Å². The standard InChI is InChI=1S/C24H20N4O7S/c1-15-3-9-21(10-4-15)36(34,35)26-14-18(11-17-5-7-19(8-6-17)25-16(2)29)24-22(26)12-20(27(30)31)13-23(24)28(32)33/h3-13H,14H2,1-2H3,(H,25,29). The average Bonchev–Trinajstić information content (AvgIpc) is 3.18. The van der Waals surface area contributed by atoms with Gasteiger partial charge in [0, 0.05) is 18.7 Å². The SMILES string of the molecule is CC(=O)Nc1ccc(C=C2CN(S(=O)(=O)c3ccc(C)cc3)c3cc([N+](=O)[O-])cc([N+](=O)[O-])c32)cc1. The van der Waals surface area contributed by atoms with Crippen molar-refractivity contribution in [1.29, 1.82) is 0 Å². The Morgan fingerprint density at radius 2 is 1.64 bits per heavy atom. The lowest BCUT2D eigenvalue weighted by molar-refractivity contribution is -0.394. The number of aryl methyl sites for hydroxylation is 1. The number of rotatable bonds is 6. The molecule has 0 saturated heterocycles. The quantitative estimate of drug-likeness (QED) is 0.379. The van der Waals surface area contributed by atoms with Crippen LogP contribution >= 0.6 is 0 Å². The molecule has 0 bridgehead atoms. The molecule has 0 radical (unpaired) electrons. The van der Waals surface area contributed by atoms with Gasteiger partial charge < -0.3 is 5.32 Å². The van der Waals surface area contributed by atoms with Gasteiger partial charge in [-0.1, -0.05) is 29.8 Å². The number of sulfonamides is 1. The number of nitro groups is 2. The third-order valence-corrected chi connectivity index (χ3v) is 7.35. The van der Waals surface area contributed by atoms with Crippen LogP contribution in [0.1, 0.15) is 23.6 Å². The molecule has 0 unspecified atom stereocenters. The summed E-state index contributed by atoms with van der Waals surface area (Å²) in [4.78, 5) is 33.0. The highest BCUT2D eigenvalue weighted by atomic mass is 32.2. The Morgan fingerprint density at radius 3 is 2.19 bits per heavy atom. The highest BCUT2D eigenvalue weighted by Gasteiger charge is 2.40. The second-order valence-corrected chi connectivity index (χ2v) is 10.0. The Hall–Kier alpha value is -4.58. The number of nitro benzene ring substituents is 2. The van der Waals surface area contributed by atoms with Gasteiger partial charge in [-0.25, -0.2) is 8.42 Å². The molecule has 1 amide bonds. The normalized spacial score (nSPS) is 13.9. The molecule has 11 nitrogen and oxygen atoms in total. The molecule has 1 N–H and O–H groups in total. The van der Waals surface area contributed by atoms with Gasteiger partial charge in [0.1, 0.15) is 0 Å². The van der Waals surface area contributed by atoms with Gasteiger partial charge in [0.2, 0.25) is 5.91 Å². The summed E-state index contributed by atoms with van der Waals surface area (Å²) in [5, 5.41) is 26.0. The topological polar surface area (TPSA) is 153 Å². The molecule has 0 fully saturated rings. The van der Waals surface area contributed by atoms with Crippen LogP contribution < -0.4 is 9.62 Å². The van der Waals surface area contributed by atoms with Crippen LogP contribution in [0.4, 0.5) is 22.7 Å². The van der Waals surface area contributed by atoms with E-state index in [1.807, 2.05) is 0 Å². The molecular weight excluding hydrogens is 488 g/mol. The number of fused-ring (bicyclic) bond motifs is 1. The molecule has 0 atom stereocenters. The van der Waals surface area contributed by atoms with E-state index in [4.69, 9.17) is 0 Å². The second kappa shape index (κ2) is 9.23. The third-order valence-electron chi connectivity index (χ3n) is 5.57. The first kappa shape index (κ1) is 24.5. The van der Waals surface area contributed by atoms with Crippen molar-refractivity contribution in [2.75, 3.05) is 16.2 Å². The summed E-state index contributed by atoms with van der Waals surface area (Å²) in [6, 6.07) is 14.5. The van der Waals surface area contributed by atoms with Crippen molar-refractivity contribution in [2.45, 2.75) is 18.7 Å². The lowest BCUT2D eigenvalue weighted by atomic mass is 10.0. The molecule has 3 aromatic carbocycles. The number of anilines is 2. The maximum absolute atomic E-state index is 13.5. The van der Waals surface area contributed by atoms with E-state index < -0.39 is 31.2 Å². The minimum absolute atomic E-state index is 0.00720. The van der Waals surface area contributed by atoms with E-state index in [1.54, 1.807) is 49.4 Å². The number of carbonyl (C=O) groups is 1. The lowest BCUT2D eigenvalue weighted by Crippen LogP contribution is -2.29. The summed E-state index contributed by atoms with van der Waals surface area (Å²) in [7, 11) is -4.20. The summed E-state index contributed by atoms with van der Waals surface area (Å²) >= 11 is 0. The Morgan fingerprint density at radius 1 is 1.00 bits per heavy atom. The van der Waals surface area contributed by atoms with E-state index in [1.165, 1.54) is 19.1 Å². The Labute approximate surface area is 206 Å². The van der Waals surface area contributed by atoms with Gasteiger partial charge in [0.25, 0.3) is 21.4 Å². The van der Waals surface area contributed by atoms with E-state index >= 15 is 0 Å². The van der Waals surface area contributed by atoms with Crippen LogP contribution in [0.3, 0.4) is 0 Å². The zero-order valence-corrected chi connectivity index (χ0v) is 20.0. The van der Waals surface area contributed by atoms with Crippen molar-refractivity contribution in [2.24, 2.45) is 0 Å². The predicted octanol–water partition coefficient (Wildman–Crippen LogP) is 4.52. The summed E-state index contributed by atoms with van der Waals surface area (Å²) < 4.78 is 28.0. The number of hydrogen-bond acceptors (Lipinski definition) is 7. The number of nitrogens with zero attached hydrogens (tertiary/aromatic N) is 3. The van der Waals surface area contributed by atoms with Crippen molar-refractivity contribution >= 4 is 50.3 Å². The van der Waals surface area contributed by atoms with Crippen LogP contribution in [0.2, 0.25) is 0 Å². The van der Waals surface area contributed by atoms with Crippen LogP contribution in [0.5, 0.6) is 0 Å². The average molecular weight is 509 g/mol.